The molecule has 1 saturated heterocycles. The monoisotopic (exact) mass is 529 g/mol. The molecule has 4 rings (SSSR count). The van der Waals surface area contributed by atoms with E-state index < -0.39 is 5.82 Å². The molecule has 1 aromatic heterocycles. The minimum atomic E-state index is -0.515. The van der Waals surface area contributed by atoms with Gasteiger partial charge in [-0.15, -0.1) is 0 Å². The van der Waals surface area contributed by atoms with Crippen LogP contribution in [0.25, 0.3) is 10.9 Å². The molecule has 0 spiro atoms. The van der Waals surface area contributed by atoms with Crippen LogP contribution in [-0.4, -0.2) is 71.4 Å². The molecule has 3 aromatic rings. The molecule has 0 bridgehead atoms. The van der Waals surface area contributed by atoms with Crippen LogP contribution >= 0.6 is 11.6 Å². The summed E-state index contributed by atoms with van der Waals surface area (Å²) in [5.41, 5.74) is 1.63. The molecule has 0 aliphatic carbocycles. The molecule has 1 amide bonds. The molecule has 1 unspecified atom stereocenters. The van der Waals surface area contributed by atoms with Gasteiger partial charge in [-0.1, -0.05) is 17.7 Å². The van der Waals surface area contributed by atoms with Crippen molar-refractivity contribution >= 4 is 45.6 Å². The smallest absolute Gasteiger partial charge is 0.248 e. The second-order valence-electron chi connectivity index (χ2n) is 8.43. The van der Waals surface area contributed by atoms with Crippen LogP contribution in [0.3, 0.4) is 0 Å². The van der Waals surface area contributed by atoms with Gasteiger partial charge in [0.2, 0.25) is 5.91 Å². The number of halogens is 2. The van der Waals surface area contributed by atoms with Crippen LogP contribution < -0.4 is 15.4 Å². The Bertz CT molecular complexity index is 1280. The van der Waals surface area contributed by atoms with E-state index in [1.807, 2.05) is 6.92 Å². The van der Waals surface area contributed by atoms with E-state index in [9.17, 15) is 9.18 Å². The van der Waals surface area contributed by atoms with Gasteiger partial charge in [-0.25, -0.2) is 14.4 Å². The van der Waals surface area contributed by atoms with Gasteiger partial charge < -0.3 is 25.2 Å². The second kappa shape index (κ2) is 12.8. The first-order valence-electron chi connectivity index (χ1n) is 12.0. The maximum Gasteiger partial charge on any atom is 0.248 e. The molecule has 2 heterocycles. The van der Waals surface area contributed by atoms with E-state index in [4.69, 9.17) is 26.2 Å². The van der Waals surface area contributed by atoms with Crippen LogP contribution in [-0.2, 0) is 9.53 Å². The lowest BCUT2D eigenvalue weighted by Crippen LogP contribution is -2.24. The lowest BCUT2D eigenvalue weighted by atomic mass is 10.1. The fourth-order valence-electron chi connectivity index (χ4n) is 4.07. The average Bonchev–Trinajstić information content (AvgIpc) is 3.33. The SMILES string of the molecule is CCOc1cc2ncnc(Nc3ccc(F)c(Cl)c3)c2cc1NC(=O)C=CCN1CCC(OCCO)C1. The van der Waals surface area contributed by atoms with Crippen molar-refractivity contribution in [1.29, 1.82) is 0 Å². The number of likely N-dealkylation sites (tertiary alicyclic amines) is 1. The number of anilines is 3. The highest BCUT2D eigenvalue weighted by Gasteiger charge is 2.21. The minimum absolute atomic E-state index is 0.0103. The van der Waals surface area contributed by atoms with E-state index in [-0.39, 0.29) is 23.6 Å². The second-order valence-corrected chi connectivity index (χ2v) is 8.84. The zero-order chi connectivity index (χ0) is 26.2. The van der Waals surface area contributed by atoms with Crippen LogP contribution in [0.1, 0.15) is 13.3 Å². The normalized spacial score (nSPS) is 15.9. The van der Waals surface area contributed by atoms with Crippen molar-refractivity contribution in [2.45, 2.75) is 19.4 Å². The molecule has 0 saturated carbocycles. The highest BCUT2D eigenvalue weighted by molar-refractivity contribution is 6.31. The van der Waals surface area contributed by atoms with Crippen LogP contribution in [0.5, 0.6) is 5.75 Å². The number of ether oxygens (including phenoxy) is 2. The van der Waals surface area contributed by atoms with Crippen molar-refractivity contribution in [3.63, 3.8) is 0 Å². The van der Waals surface area contributed by atoms with Crippen molar-refractivity contribution in [2.24, 2.45) is 0 Å². The van der Waals surface area contributed by atoms with E-state index in [1.54, 1.807) is 24.3 Å². The first kappa shape index (κ1) is 26.7. The molecule has 1 aliphatic heterocycles. The Morgan fingerprint density at radius 1 is 1.32 bits per heavy atom. The Morgan fingerprint density at radius 2 is 2.19 bits per heavy atom. The summed E-state index contributed by atoms with van der Waals surface area (Å²) < 4.78 is 24.9. The van der Waals surface area contributed by atoms with Crippen LogP contribution in [0.2, 0.25) is 5.02 Å². The highest BCUT2D eigenvalue weighted by atomic mass is 35.5. The van der Waals surface area contributed by atoms with Gasteiger partial charge in [-0.05, 0) is 37.6 Å². The van der Waals surface area contributed by atoms with Gasteiger partial charge in [0, 0.05) is 42.9 Å². The topological polar surface area (TPSA) is 109 Å². The first-order chi connectivity index (χ1) is 18.0. The Labute approximate surface area is 219 Å². The van der Waals surface area contributed by atoms with Crippen LogP contribution in [0.4, 0.5) is 21.6 Å². The largest absolute Gasteiger partial charge is 0.492 e. The Morgan fingerprint density at radius 3 is 2.97 bits per heavy atom. The van der Waals surface area contributed by atoms with Gasteiger partial charge in [-0.3, -0.25) is 9.69 Å². The lowest BCUT2D eigenvalue weighted by Gasteiger charge is -2.15. The zero-order valence-corrected chi connectivity index (χ0v) is 21.2. The number of amides is 1. The number of carbonyl (C=O) groups excluding carboxylic acids is 1. The number of hydrogen-bond donors (Lipinski definition) is 3. The van der Waals surface area contributed by atoms with Crippen molar-refractivity contribution in [1.82, 2.24) is 14.9 Å². The fourth-order valence-corrected chi connectivity index (χ4v) is 4.25. The Hall–Kier alpha value is -3.31. The summed E-state index contributed by atoms with van der Waals surface area (Å²) in [5.74, 6) is 0.131. The van der Waals surface area contributed by atoms with Gasteiger partial charge >= 0.3 is 0 Å². The predicted octanol–water partition coefficient (Wildman–Crippen LogP) is 4.14. The minimum Gasteiger partial charge on any atom is -0.492 e. The number of nitrogens with one attached hydrogen (secondary N) is 2. The first-order valence-corrected chi connectivity index (χ1v) is 12.4. The van der Waals surface area contributed by atoms with Crippen molar-refractivity contribution in [2.75, 3.05) is 50.1 Å². The third kappa shape index (κ3) is 7.14. The molecular formula is C26H29ClFN5O4. The van der Waals surface area contributed by atoms with Crippen molar-refractivity contribution in [3.8, 4) is 5.75 Å². The van der Waals surface area contributed by atoms with E-state index in [0.717, 1.165) is 19.5 Å². The zero-order valence-electron chi connectivity index (χ0n) is 20.4. The molecular weight excluding hydrogens is 501 g/mol. The molecule has 2 aromatic carbocycles. The molecule has 9 nitrogen and oxygen atoms in total. The summed E-state index contributed by atoms with van der Waals surface area (Å²) in [6.07, 6.45) is 5.71. The maximum absolute atomic E-state index is 13.6. The fraction of sp³-hybridized carbons (Fsp3) is 0.346. The highest BCUT2D eigenvalue weighted by Crippen LogP contribution is 2.34. The number of hydrogen-bond acceptors (Lipinski definition) is 8. The third-order valence-corrected chi connectivity index (χ3v) is 6.07. The number of rotatable bonds is 11. The summed E-state index contributed by atoms with van der Waals surface area (Å²) in [5, 5.41) is 15.5. The molecule has 3 N–H and O–H groups in total. The van der Waals surface area contributed by atoms with Gasteiger partial charge in [0.25, 0.3) is 0 Å². The molecule has 0 radical (unpaired) electrons. The third-order valence-electron chi connectivity index (χ3n) is 5.78. The standard InChI is InChI=1S/C26H29ClFN5O4/c1-2-36-24-14-22-19(26(30-16-29-22)31-17-5-6-21(28)20(27)12-17)13-23(24)32-25(35)4-3-8-33-9-7-18(15-33)37-11-10-34/h3-6,12-14,16,18,34H,2,7-11,15H2,1H3,(H,32,35)(H,29,30,31). The number of aliphatic hydroxyl groups excluding tert-OH is 1. The van der Waals surface area contributed by atoms with Crippen LogP contribution in [0.15, 0.2) is 48.8 Å². The van der Waals surface area contributed by atoms with Gasteiger partial charge in [0.1, 0.15) is 23.7 Å². The van der Waals surface area contributed by atoms with Crippen molar-refractivity contribution < 1.29 is 23.8 Å². The van der Waals surface area contributed by atoms with E-state index in [2.05, 4.69) is 25.5 Å². The molecule has 37 heavy (non-hydrogen) atoms. The predicted molar refractivity (Wildman–Crippen MR) is 141 cm³/mol. The Balaban J connectivity index is 1.48. The quantitative estimate of drug-likeness (QED) is 0.318. The summed E-state index contributed by atoms with van der Waals surface area (Å²) in [6.45, 7) is 4.86. The van der Waals surface area contributed by atoms with E-state index in [1.165, 1.54) is 24.5 Å². The summed E-state index contributed by atoms with van der Waals surface area (Å²) in [6, 6.07) is 7.76. The number of fused-ring (bicyclic) bond motifs is 1. The van der Waals surface area contributed by atoms with Crippen molar-refractivity contribution in [3.05, 3.63) is 59.7 Å². The summed E-state index contributed by atoms with van der Waals surface area (Å²) >= 11 is 5.91. The number of aliphatic hydroxyl groups is 1. The molecule has 11 heteroatoms. The van der Waals surface area contributed by atoms with Crippen LogP contribution in [0, 0.1) is 5.82 Å². The van der Waals surface area contributed by atoms with Gasteiger partial charge in [0.15, 0.2) is 0 Å². The number of nitrogens with zero attached hydrogens (tertiary/aromatic N) is 3. The molecule has 196 valence electrons. The molecule has 1 aliphatic rings. The maximum atomic E-state index is 13.6. The van der Waals surface area contributed by atoms with Gasteiger partial charge in [0.05, 0.1) is 42.2 Å². The Kier molecular flexibility index (Phi) is 9.24. The molecule has 1 atom stereocenters. The van der Waals surface area contributed by atoms with E-state index >= 15 is 0 Å². The van der Waals surface area contributed by atoms with E-state index in [0.29, 0.717) is 53.6 Å². The number of aromatic nitrogens is 2. The summed E-state index contributed by atoms with van der Waals surface area (Å²) in [4.78, 5) is 23.5. The summed E-state index contributed by atoms with van der Waals surface area (Å²) in [7, 11) is 0. The molecule has 1 fully saturated rings. The van der Waals surface area contributed by atoms with Gasteiger partial charge in [-0.2, -0.15) is 0 Å². The lowest BCUT2D eigenvalue weighted by molar-refractivity contribution is -0.111. The number of benzene rings is 2. The number of carbonyl (C=O) groups is 1. The average molecular weight is 530 g/mol.